The molecule has 0 unspecified atom stereocenters. The lowest BCUT2D eigenvalue weighted by Crippen LogP contribution is -1.92. The number of hydrogen-bond donors (Lipinski definition) is 0. The molecule has 0 bridgehead atoms. The highest BCUT2D eigenvalue weighted by Crippen LogP contribution is 2.30. The van der Waals surface area contributed by atoms with Crippen LogP contribution in [0.2, 0.25) is 0 Å². The lowest BCUT2D eigenvalue weighted by Gasteiger charge is -2.06. The summed E-state index contributed by atoms with van der Waals surface area (Å²) >= 11 is 0. The molecule has 0 aromatic heterocycles. The van der Waals surface area contributed by atoms with Crippen LogP contribution in [-0.4, -0.2) is 0 Å². The second kappa shape index (κ2) is 6.61. The summed E-state index contributed by atoms with van der Waals surface area (Å²) in [4.78, 5) is 0. The van der Waals surface area contributed by atoms with Gasteiger partial charge in [0, 0.05) is 11.1 Å². The van der Waals surface area contributed by atoms with Crippen LogP contribution < -0.4 is 0 Å². The minimum Gasteiger partial charge on any atom is -0.206 e. The molecule has 110 valence electrons. The summed E-state index contributed by atoms with van der Waals surface area (Å²) in [7, 11) is 0. The summed E-state index contributed by atoms with van der Waals surface area (Å²) in [5.41, 5.74) is 1.55. The number of hydrogen-bond acceptors (Lipinski definition) is 0. The second-order valence-electron chi connectivity index (χ2n) is 4.85. The van der Waals surface area contributed by atoms with Crippen LogP contribution in [-0.2, 0) is 12.8 Å². The maximum atomic E-state index is 14.2. The summed E-state index contributed by atoms with van der Waals surface area (Å²) in [6.45, 7) is 3.85. The Bertz CT molecular complexity index is 655. The van der Waals surface area contributed by atoms with Crippen molar-refractivity contribution in [3.8, 4) is 0 Å². The quantitative estimate of drug-likeness (QED) is 0.632. The van der Waals surface area contributed by atoms with Gasteiger partial charge in [0.2, 0.25) is 0 Å². The molecule has 3 heteroatoms. The Morgan fingerprint density at radius 3 is 1.90 bits per heavy atom. The average Bonchev–Trinajstić information content (AvgIpc) is 2.53. The smallest absolute Gasteiger partial charge is 0.169 e. The molecule has 0 aliphatic heterocycles. The Morgan fingerprint density at radius 2 is 1.38 bits per heavy atom. The molecule has 2 aromatic carbocycles. The minimum absolute atomic E-state index is 0.115. The van der Waals surface area contributed by atoms with E-state index in [1.807, 2.05) is 13.8 Å². The van der Waals surface area contributed by atoms with Crippen molar-refractivity contribution in [2.75, 3.05) is 0 Å². The Balaban J connectivity index is 2.41. The van der Waals surface area contributed by atoms with Crippen LogP contribution >= 0.6 is 0 Å². The van der Waals surface area contributed by atoms with Gasteiger partial charge in [-0.2, -0.15) is 0 Å². The molecule has 0 nitrogen and oxygen atoms in total. The first-order valence-corrected chi connectivity index (χ1v) is 7.00. The molecule has 0 saturated carbocycles. The topological polar surface area (TPSA) is 0 Å². The summed E-state index contributed by atoms with van der Waals surface area (Å²) in [5.74, 6) is -2.95. The van der Waals surface area contributed by atoms with Crippen LogP contribution in [0.4, 0.5) is 13.2 Å². The van der Waals surface area contributed by atoms with Crippen LogP contribution in [0.15, 0.2) is 42.5 Å². The lowest BCUT2D eigenvalue weighted by atomic mass is 10.0. The largest absolute Gasteiger partial charge is 0.206 e. The van der Waals surface area contributed by atoms with E-state index in [2.05, 4.69) is 0 Å². The van der Waals surface area contributed by atoms with Gasteiger partial charge in [0.1, 0.15) is 5.82 Å². The van der Waals surface area contributed by atoms with Gasteiger partial charge in [0.25, 0.3) is 0 Å². The number of rotatable bonds is 4. The third-order valence-electron chi connectivity index (χ3n) is 3.49. The van der Waals surface area contributed by atoms with Crippen LogP contribution in [0.3, 0.4) is 0 Å². The Hall–Kier alpha value is -2.03. The SMILES string of the molecule is CCc1ccc(/C(F)=C(\F)c2ccc(CC)cc2F)cc1. The van der Waals surface area contributed by atoms with Crippen molar-refractivity contribution in [3.05, 3.63) is 70.5 Å². The van der Waals surface area contributed by atoms with Crippen molar-refractivity contribution < 1.29 is 13.2 Å². The highest BCUT2D eigenvalue weighted by Gasteiger charge is 2.15. The third kappa shape index (κ3) is 3.35. The van der Waals surface area contributed by atoms with Crippen molar-refractivity contribution in [1.82, 2.24) is 0 Å². The summed E-state index contributed by atoms with van der Waals surface area (Å²) in [6.07, 6.45) is 1.46. The minimum atomic E-state index is -1.17. The molecule has 21 heavy (non-hydrogen) atoms. The van der Waals surface area contributed by atoms with Gasteiger partial charge < -0.3 is 0 Å². The van der Waals surface area contributed by atoms with Gasteiger partial charge in [-0.05, 0) is 36.1 Å². The first-order valence-electron chi connectivity index (χ1n) is 7.00. The molecule has 0 aliphatic rings. The fourth-order valence-corrected chi connectivity index (χ4v) is 2.09. The van der Waals surface area contributed by atoms with Crippen LogP contribution in [0.25, 0.3) is 11.7 Å². The molecule has 0 amide bonds. The second-order valence-corrected chi connectivity index (χ2v) is 4.85. The van der Waals surface area contributed by atoms with Gasteiger partial charge in [-0.15, -0.1) is 0 Å². The van der Waals surface area contributed by atoms with E-state index in [9.17, 15) is 13.2 Å². The summed E-state index contributed by atoms with van der Waals surface area (Å²) in [6, 6.07) is 10.6. The first kappa shape index (κ1) is 15.4. The summed E-state index contributed by atoms with van der Waals surface area (Å²) < 4.78 is 42.1. The van der Waals surface area contributed by atoms with Crippen molar-refractivity contribution in [3.63, 3.8) is 0 Å². The highest BCUT2D eigenvalue weighted by molar-refractivity contribution is 5.83. The van der Waals surface area contributed by atoms with Crippen molar-refractivity contribution >= 4 is 11.7 Å². The van der Waals surface area contributed by atoms with E-state index >= 15 is 0 Å². The Morgan fingerprint density at radius 1 is 0.810 bits per heavy atom. The monoisotopic (exact) mass is 290 g/mol. The zero-order chi connectivity index (χ0) is 15.4. The fourth-order valence-electron chi connectivity index (χ4n) is 2.09. The highest BCUT2D eigenvalue weighted by atomic mass is 19.2. The van der Waals surface area contributed by atoms with Gasteiger partial charge in [-0.25, -0.2) is 13.2 Å². The zero-order valence-corrected chi connectivity index (χ0v) is 12.1. The maximum absolute atomic E-state index is 14.2. The molecule has 0 spiro atoms. The Labute approximate surface area is 122 Å². The van der Waals surface area contributed by atoms with Crippen LogP contribution in [0.1, 0.15) is 36.1 Å². The average molecular weight is 290 g/mol. The van der Waals surface area contributed by atoms with Crippen molar-refractivity contribution in [2.24, 2.45) is 0 Å². The first-order chi connectivity index (χ1) is 10.1. The maximum Gasteiger partial charge on any atom is 0.169 e. The zero-order valence-electron chi connectivity index (χ0n) is 12.1. The van der Waals surface area contributed by atoms with E-state index in [1.54, 1.807) is 18.2 Å². The Kier molecular flexibility index (Phi) is 4.84. The van der Waals surface area contributed by atoms with Gasteiger partial charge in [0.15, 0.2) is 11.7 Å². The van der Waals surface area contributed by atoms with Crippen molar-refractivity contribution in [2.45, 2.75) is 26.7 Å². The van der Waals surface area contributed by atoms with E-state index < -0.39 is 17.5 Å². The van der Waals surface area contributed by atoms with Crippen LogP contribution in [0.5, 0.6) is 0 Å². The van der Waals surface area contributed by atoms with E-state index in [1.165, 1.54) is 24.3 Å². The van der Waals surface area contributed by atoms with Gasteiger partial charge in [0.05, 0.1) is 0 Å². The summed E-state index contributed by atoms with van der Waals surface area (Å²) in [5, 5.41) is 0. The fraction of sp³-hybridized carbons (Fsp3) is 0.222. The normalized spacial score (nSPS) is 12.2. The van der Waals surface area contributed by atoms with Crippen molar-refractivity contribution in [1.29, 1.82) is 0 Å². The molecule has 0 saturated heterocycles. The third-order valence-corrected chi connectivity index (χ3v) is 3.49. The molecule has 0 aliphatic carbocycles. The number of benzene rings is 2. The lowest BCUT2D eigenvalue weighted by molar-refractivity contribution is 0.609. The van der Waals surface area contributed by atoms with Gasteiger partial charge >= 0.3 is 0 Å². The van der Waals surface area contributed by atoms with E-state index in [0.717, 1.165) is 17.5 Å². The van der Waals surface area contributed by atoms with E-state index in [0.29, 0.717) is 6.42 Å². The molecule has 0 fully saturated rings. The molecule has 0 N–H and O–H groups in total. The van der Waals surface area contributed by atoms with E-state index in [4.69, 9.17) is 0 Å². The molecule has 0 radical (unpaired) electrons. The molecule has 0 atom stereocenters. The predicted octanol–water partition coefficient (Wildman–Crippen LogP) is 5.72. The van der Waals surface area contributed by atoms with Crippen LogP contribution in [0, 0.1) is 5.82 Å². The standard InChI is InChI=1S/C18H17F3/c1-3-12-5-8-14(9-6-12)17(20)18(21)15-10-7-13(4-2)11-16(15)19/h5-11H,3-4H2,1-2H3/b18-17+. The van der Waals surface area contributed by atoms with Gasteiger partial charge in [-0.1, -0.05) is 44.2 Å². The number of halogens is 3. The molecular formula is C18H17F3. The molecule has 0 heterocycles. The molecule has 2 aromatic rings. The van der Waals surface area contributed by atoms with E-state index in [-0.39, 0.29) is 11.1 Å². The van der Waals surface area contributed by atoms with Gasteiger partial charge in [-0.3, -0.25) is 0 Å². The molecular weight excluding hydrogens is 273 g/mol. The molecule has 2 rings (SSSR count). The number of aryl methyl sites for hydroxylation is 2. The predicted molar refractivity (Wildman–Crippen MR) is 80.6 cm³/mol.